The molecule has 9 heteroatoms. The van der Waals surface area contributed by atoms with Gasteiger partial charge >= 0.3 is 5.97 Å². The number of nitrogens with zero attached hydrogens (tertiary/aromatic N) is 3. The Morgan fingerprint density at radius 1 is 1.06 bits per heavy atom. The molecule has 1 fully saturated rings. The Balaban J connectivity index is 1.38. The van der Waals surface area contributed by atoms with Crippen molar-refractivity contribution in [2.24, 2.45) is 0 Å². The molecule has 1 aromatic carbocycles. The maximum Gasteiger partial charge on any atom is 0.341 e. The van der Waals surface area contributed by atoms with Crippen molar-refractivity contribution in [1.82, 2.24) is 14.8 Å². The topological polar surface area (TPSA) is 84.0 Å². The number of carbonyl (C=O) groups is 2. The number of esters is 1. The van der Waals surface area contributed by atoms with Gasteiger partial charge in [-0.25, -0.2) is 4.79 Å². The third-order valence-corrected chi connectivity index (χ3v) is 6.76. The molecule has 0 atom stereocenters. The van der Waals surface area contributed by atoms with Gasteiger partial charge in [0, 0.05) is 49.9 Å². The zero-order valence-corrected chi connectivity index (χ0v) is 20.8. The van der Waals surface area contributed by atoms with Crippen molar-refractivity contribution in [2.45, 2.75) is 13.5 Å². The van der Waals surface area contributed by atoms with E-state index < -0.39 is 5.97 Å². The molecule has 1 aliphatic rings. The molecule has 0 spiro atoms. The fraction of sp³-hybridized carbons (Fsp3) is 0.346. The second-order valence-corrected chi connectivity index (χ2v) is 9.10. The maximum absolute atomic E-state index is 12.9. The number of hydrogen-bond donors (Lipinski definition) is 1. The molecule has 184 valence electrons. The molecule has 1 saturated heterocycles. The van der Waals surface area contributed by atoms with Crippen molar-refractivity contribution >= 4 is 28.2 Å². The number of nitrogens with one attached hydrogen (secondary N) is 1. The van der Waals surface area contributed by atoms with Crippen LogP contribution in [0.15, 0.2) is 54.0 Å². The van der Waals surface area contributed by atoms with E-state index in [4.69, 9.17) is 9.47 Å². The number of hydrogen-bond acceptors (Lipinski definition) is 8. The highest BCUT2D eigenvalue weighted by Crippen LogP contribution is 2.36. The number of carbonyl (C=O) groups excluding carboxylic acids is 2. The molecule has 0 radical (unpaired) electrons. The number of thiophene rings is 1. The van der Waals surface area contributed by atoms with Gasteiger partial charge in [-0.1, -0.05) is 18.2 Å². The van der Waals surface area contributed by atoms with E-state index in [1.165, 1.54) is 11.3 Å². The van der Waals surface area contributed by atoms with Gasteiger partial charge in [-0.15, -0.1) is 11.3 Å². The first-order valence-corrected chi connectivity index (χ1v) is 12.5. The van der Waals surface area contributed by atoms with Crippen molar-refractivity contribution in [3.05, 3.63) is 65.3 Å². The molecule has 1 amide bonds. The number of rotatable bonds is 9. The highest BCUT2D eigenvalue weighted by Gasteiger charge is 2.24. The molecule has 1 N–H and O–H groups in total. The number of pyridine rings is 1. The van der Waals surface area contributed by atoms with Gasteiger partial charge in [0.15, 0.2) is 0 Å². The first-order chi connectivity index (χ1) is 17.1. The zero-order valence-electron chi connectivity index (χ0n) is 20.0. The molecular formula is C26H30N4O4S. The van der Waals surface area contributed by atoms with E-state index in [1.54, 1.807) is 14.0 Å². The minimum absolute atomic E-state index is 0.142. The maximum atomic E-state index is 12.9. The molecule has 1 aliphatic heterocycles. The van der Waals surface area contributed by atoms with E-state index >= 15 is 0 Å². The van der Waals surface area contributed by atoms with Crippen LogP contribution in [0.3, 0.4) is 0 Å². The summed E-state index contributed by atoms with van der Waals surface area (Å²) < 4.78 is 10.5. The smallest absolute Gasteiger partial charge is 0.341 e. The molecule has 0 aliphatic carbocycles. The monoisotopic (exact) mass is 494 g/mol. The van der Waals surface area contributed by atoms with E-state index in [0.717, 1.165) is 55.3 Å². The predicted octanol–water partition coefficient (Wildman–Crippen LogP) is 3.75. The number of benzene rings is 1. The Labute approximate surface area is 209 Å². The lowest BCUT2D eigenvalue weighted by Crippen LogP contribution is -2.48. The highest BCUT2D eigenvalue weighted by molar-refractivity contribution is 7.15. The van der Waals surface area contributed by atoms with E-state index in [1.807, 2.05) is 54.0 Å². The molecule has 35 heavy (non-hydrogen) atoms. The van der Waals surface area contributed by atoms with Crippen LogP contribution in [0.4, 0.5) is 5.00 Å². The van der Waals surface area contributed by atoms with Crippen LogP contribution in [-0.4, -0.2) is 73.1 Å². The van der Waals surface area contributed by atoms with Crippen LogP contribution in [0, 0.1) is 0 Å². The summed E-state index contributed by atoms with van der Waals surface area (Å²) in [4.78, 5) is 34.5. The van der Waals surface area contributed by atoms with E-state index in [9.17, 15) is 9.59 Å². The van der Waals surface area contributed by atoms with E-state index in [-0.39, 0.29) is 19.1 Å². The molecule has 4 rings (SSSR count). The summed E-state index contributed by atoms with van der Waals surface area (Å²) in [7, 11) is 1.61. The number of piperazine rings is 1. The standard InChI is InChI=1S/C26H30N4O4S/c1-3-34-26(32)24-22(19-7-9-21(33-2)10-8-19)18-35-25(24)28-23(31)17-30-14-12-29(13-15-30)16-20-6-4-5-11-27-20/h4-11,18H,3,12-17H2,1-2H3,(H,28,31). The molecular weight excluding hydrogens is 464 g/mol. The normalized spacial score (nSPS) is 14.5. The Hall–Kier alpha value is -3.27. The van der Waals surface area contributed by atoms with Crippen LogP contribution in [0.1, 0.15) is 23.0 Å². The van der Waals surface area contributed by atoms with E-state index in [0.29, 0.717) is 10.6 Å². The summed E-state index contributed by atoms with van der Waals surface area (Å²) in [5.74, 6) is 0.144. The molecule has 0 saturated carbocycles. The fourth-order valence-electron chi connectivity index (χ4n) is 4.03. The van der Waals surface area contributed by atoms with Crippen molar-refractivity contribution in [1.29, 1.82) is 0 Å². The average Bonchev–Trinajstić information content (AvgIpc) is 3.29. The largest absolute Gasteiger partial charge is 0.497 e. The minimum atomic E-state index is -0.446. The zero-order chi connectivity index (χ0) is 24.6. The van der Waals surface area contributed by atoms with Gasteiger partial charge in [0.05, 0.1) is 26.0 Å². The first-order valence-electron chi connectivity index (χ1n) is 11.6. The third-order valence-electron chi connectivity index (χ3n) is 5.87. The number of aromatic nitrogens is 1. The van der Waals surface area contributed by atoms with Gasteiger partial charge in [0.1, 0.15) is 16.3 Å². The van der Waals surface area contributed by atoms with Gasteiger partial charge in [-0.05, 0) is 36.8 Å². The lowest BCUT2D eigenvalue weighted by Gasteiger charge is -2.34. The summed E-state index contributed by atoms with van der Waals surface area (Å²) in [6, 6.07) is 13.4. The highest BCUT2D eigenvalue weighted by atomic mass is 32.1. The predicted molar refractivity (Wildman–Crippen MR) is 137 cm³/mol. The quantitative estimate of drug-likeness (QED) is 0.454. The summed E-state index contributed by atoms with van der Waals surface area (Å²) in [5, 5.41) is 5.33. The number of methoxy groups -OCH3 is 1. The second kappa shape index (κ2) is 11.9. The molecule has 2 aromatic heterocycles. The number of anilines is 1. The SMILES string of the molecule is CCOC(=O)c1c(-c2ccc(OC)cc2)csc1NC(=O)CN1CCN(Cc2ccccn2)CC1. The third kappa shape index (κ3) is 6.45. The van der Waals surface area contributed by atoms with Gasteiger partial charge in [0.2, 0.25) is 5.91 Å². The van der Waals surface area contributed by atoms with Crippen molar-refractivity contribution in [3.63, 3.8) is 0 Å². The van der Waals surface area contributed by atoms with E-state index in [2.05, 4.69) is 20.1 Å². The van der Waals surface area contributed by atoms with Crippen LogP contribution in [-0.2, 0) is 16.1 Å². The minimum Gasteiger partial charge on any atom is -0.497 e. The first kappa shape index (κ1) is 24.8. The molecule has 0 unspecified atom stereocenters. The fourth-order valence-corrected chi connectivity index (χ4v) is 5.01. The second-order valence-electron chi connectivity index (χ2n) is 8.22. The Morgan fingerprint density at radius 2 is 1.80 bits per heavy atom. The van der Waals surface area contributed by atoms with Crippen LogP contribution < -0.4 is 10.1 Å². The van der Waals surface area contributed by atoms with Crippen LogP contribution in [0.25, 0.3) is 11.1 Å². The number of amides is 1. The molecule has 0 bridgehead atoms. The summed E-state index contributed by atoms with van der Waals surface area (Å²) in [6.07, 6.45) is 1.81. The summed E-state index contributed by atoms with van der Waals surface area (Å²) >= 11 is 1.33. The molecule has 3 heterocycles. The van der Waals surface area contributed by atoms with Crippen molar-refractivity contribution in [2.75, 3.05) is 51.8 Å². The lowest BCUT2D eigenvalue weighted by molar-refractivity contribution is -0.117. The summed E-state index contributed by atoms with van der Waals surface area (Å²) in [5.41, 5.74) is 3.02. The average molecular weight is 495 g/mol. The van der Waals surface area contributed by atoms with Crippen LogP contribution in [0.2, 0.25) is 0 Å². The van der Waals surface area contributed by atoms with Crippen molar-refractivity contribution < 1.29 is 19.1 Å². The summed E-state index contributed by atoms with van der Waals surface area (Å²) in [6.45, 7) is 6.45. The Bertz CT molecular complexity index is 1130. The van der Waals surface area contributed by atoms with Crippen molar-refractivity contribution in [3.8, 4) is 16.9 Å². The Kier molecular flexibility index (Phi) is 8.46. The number of ether oxygens (including phenoxy) is 2. The van der Waals surface area contributed by atoms with Crippen LogP contribution >= 0.6 is 11.3 Å². The molecule has 8 nitrogen and oxygen atoms in total. The van der Waals surface area contributed by atoms with Gasteiger partial charge < -0.3 is 14.8 Å². The molecule has 3 aromatic rings. The Morgan fingerprint density at radius 3 is 2.46 bits per heavy atom. The van der Waals surface area contributed by atoms with Gasteiger partial charge in [-0.3, -0.25) is 19.6 Å². The van der Waals surface area contributed by atoms with Gasteiger partial charge in [0.25, 0.3) is 0 Å². The van der Waals surface area contributed by atoms with Gasteiger partial charge in [-0.2, -0.15) is 0 Å². The van der Waals surface area contributed by atoms with Crippen LogP contribution in [0.5, 0.6) is 5.75 Å². The lowest BCUT2D eigenvalue weighted by atomic mass is 10.0.